The fraction of sp³-hybridized carbons (Fsp3) is 0.154. The van der Waals surface area contributed by atoms with Gasteiger partial charge >= 0.3 is 0 Å². The van der Waals surface area contributed by atoms with Crippen LogP contribution in [-0.4, -0.2) is 42.1 Å². The van der Waals surface area contributed by atoms with E-state index in [9.17, 15) is 4.79 Å². The summed E-state index contributed by atoms with van der Waals surface area (Å²) >= 11 is 6.15. The van der Waals surface area contributed by atoms with Gasteiger partial charge in [0, 0.05) is 29.4 Å². The van der Waals surface area contributed by atoms with Crippen LogP contribution in [0.15, 0.2) is 72.8 Å². The minimum atomic E-state index is -0.135. The van der Waals surface area contributed by atoms with E-state index in [1.165, 1.54) is 0 Å². The number of aromatic amines is 1. The van der Waals surface area contributed by atoms with E-state index in [4.69, 9.17) is 16.3 Å². The Balaban J connectivity index is 1.54. The highest BCUT2D eigenvalue weighted by atomic mass is 35.5. The molecule has 160 valence electrons. The molecule has 2 heterocycles. The number of rotatable bonds is 5. The number of ether oxygens (including phenoxy) is 1. The molecule has 5 nitrogen and oxygen atoms in total. The molecule has 5 rings (SSSR count). The number of carbonyl (C=O) groups excluding carboxylic acids is 1. The number of H-pyrrole nitrogens is 1. The van der Waals surface area contributed by atoms with E-state index in [0.29, 0.717) is 22.0 Å². The predicted octanol–water partition coefficient (Wildman–Crippen LogP) is 5.48. The molecule has 6 heteroatoms. The molecule has 1 N–H and O–H groups in total. The second kappa shape index (κ2) is 8.99. The van der Waals surface area contributed by atoms with Gasteiger partial charge < -0.3 is 14.6 Å². The smallest absolute Gasteiger partial charge is 0.196 e. The lowest BCUT2D eigenvalue weighted by molar-refractivity contribution is 0.105. The number of imidazole rings is 1. The Morgan fingerprint density at radius 3 is 2.53 bits per heavy atom. The SMILES string of the molecule is O=C(C(=Cc1ccc(N2CCOCC2)cc1)c1nc2ccccc2[nH]1)c1cccc(Cl)c1. The maximum absolute atomic E-state index is 13.5. The molecule has 0 radical (unpaired) electrons. The zero-order valence-corrected chi connectivity index (χ0v) is 18.2. The van der Waals surface area contributed by atoms with Crippen LogP contribution in [0.1, 0.15) is 21.7 Å². The third-order valence-electron chi connectivity index (χ3n) is 5.56. The third-order valence-corrected chi connectivity index (χ3v) is 5.79. The number of hydrogen-bond donors (Lipinski definition) is 1. The summed E-state index contributed by atoms with van der Waals surface area (Å²) in [5.74, 6) is 0.400. The summed E-state index contributed by atoms with van der Waals surface area (Å²) < 4.78 is 5.44. The molecule has 1 aliphatic heterocycles. The predicted molar refractivity (Wildman–Crippen MR) is 129 cm³/mol. The summed E-state index contributed by atoms with van der Waals surface area (Å²) in [7, 11) is 0. The maximum Gasteiger partial charge on any atom is 0.196 e. The van der Waals surface area contributed by atoms with Gasteiger partial charge in [-0.2, -0.15) is 0 Å². The third kappa shape index (κ3) is 4.31. The zero-order valence-electron chi connectivity index (χ0n) is 17.4. The Kier molecular flexibility index (Phi) is 5.75. The number of carbonyl (C=O) groups is 1. The van der Waals surface area contributed by atoms with Crippen LogP contribution in [0, 0.1) is 0 Å². The lowest BCUT2D eigenvalue weighted by Gasteiger charge is -2.28. The van der Waals surface area contributed by atoms with Gasteiger partial charge in [0.15, 0.2) is 5.78 Å². The van der Waals surface area contributed by atoms with Crippen LogP contribution in [0.3, 0.4) is 0 Å². The van der Waals surface area contributed by atoms with E-state index in [0.717, 1.165) is 48.6 Å². The van der Waals surface area contributed by atoms with E-state index in [1.807, 2.05) is 42.5 Å². The number of nitrogens with zero attached hydrogens (tertiary/aromatic N) is 2. The number of morpholine rings is 1. The van der Waals surface area contributed by atoms with Gasteiger partial charge in [-0.1, -0.05) is 48.0 Å². The van der Waals surface area contributed by atoms with Crippen molar-refractivity contribution >= 4 is 45.8 Å². The Hall–Kier alpha value is -3.41. The van der Waals surface area contributed by atoms with E-state index < -0.39 is 0 Å². The average molecular weight is 444 g/mol. The largest absolute Gasteiger partial charge is 0.378 e. The van der Waals surface area contributed by atoms with Gasteiger partial charge in [0.05, 0.1) is 29.8 Å². The summed E-state index contributed by atoms with van der Waals surface area (Å²) in [5.41, 5.74) is 4.78. The van der Waals surface area contributed by atoms with Crippen molar-refractivity contribution < 1.29 is 9.53 Å². The van der Waals surface area contributed by atoms with E-state index in [1.54, 1.807) is 24.3 Å². The first-order chi connectivity index (χ1) is 15.7. The number of aromatic nitrogens is 2. The number of nitrogens with one attached hydrogen (secondary N) is 1. The topological polar surface area (TPSA) is 58.2 Å². The molecule has 3 aromatic carbocycles. The maximum atomic E-state index is 13.5. The number of allylic oxidation sites excluding steroid dienone is 1. The van der Waals surface area contributed by atoms with Crippen LogP contribution in [0.25, 0.3) is 22.7 Å². The van der Waals surface area contributed by atoms with Crippen molar-refractivity contribution in [1.29, 1.82) is 0 Å². The molecule has 0 spiro atoms. The van der Waals surface area contributed by atoms with Gasteiger partial charge in [-0.05, 0) is 48.0 Å². The fourth-order valence-corrected chi connectivity index (χ4v) is 4.07. The van der Waals surface area contributed by atoms with Crippen molar-refractivity contribution in [1.82, 2.24) is 9.97 Å². The van der Waals surface area contributed by atoms with Crippen LogP contribution in [0.2, 0.25) is 5.02 Å². The van der Waals surface area contributed by atoms with E-state index in [2.05, 4.69) is 27.0 Å². The Morgan fingerprint density at radius 1 is 1.00 bits per heavy atom. The minimum Gasteiger partial charge on any atom is -0.378 e. The van der Waals surface area contributed by atoms with Crippen molar-refractivity contribution in [3.8, 4) is 0 Å². The number of Topliss-reactive ketones (excluding diaryl/α,β-unsaturated/α-hetero) is 1. The molecule has 1 aromatic heterocycles. The lowest BCUT2D eigenvalue weighted by Crippen LogP contribution is -2.36. The van der Waals surface area contributed by atoms with Crippen LogP contribution in [0.4, 0.5) is 5.69 Å². The molecule has 0 atom stereocenters. The molecule has 1 aliphatic rings. The van der Waals surface area contributed by atoms with Crippen LogP contribution in [0.5, 0.6) is 0 Å². The summed E-state index contributed by atoms with van der Waals surface area (Å²) in [6, 6.07) is 22.9. The minimum absolute atomic E-state index is 0.135. The Bertz CT molecular complexity index is 1250. The summed E-state index contributed by atoms with van der Waals surface area (Å²) in [6.07, 6.45) is 1.88. The van der Waals surface area contributed by atoms with Gasteiger partial charge in [0.25, 0.3) is 0 Å². The quantitative estimate of drug-likeness (QED) is 0.328. The monoisotopic (exact) mass is 443 g/mol. The van der Waals surface area contributed by atoms with Crippen molar-refractivity contribution in [3.63, 3.8) is 0 Å². The Labute approximate surface area is 191 Å². The molecule has 0 saturated carbocycles. The zero-order chi connectivity index (χ0) is 21.9. The molecule has 0 unspecified atom stereocenters. The number of halogens is 1. The molecule has 0 aliphatic carbocycles. The summed E-state index contributed by atoms with van der Waals surface area (Å²) in [4.78, 5) is 23.7. The number of fused-ring (bicyclic) bond motifs is 1. The van der Waals surface area contributed by atoms with Gasteiger partial charge in [-0.3, -0.25) is 4.79 Å². The number of para-hydroxylation sites is 2. The highest BCUT2D eigenvalue weighted by Crippen LogP contribution is 2.26. The fourth-order valence-electron chi connectivity index (χ4n) is 3.88. The molecule has 0 amide bonds. The van der Waals surface area contributed by atoms with Crippen LogP contribution >= 0.6 is 11.6 Å². The van der Waals surface area contributed by atoms with Gasteiger partial charge in [-0.25, -0.2) is 4.98 Å². The van der Waals surface area contributed by atoms with Gasteiger partial charge in [-0.15, -0.1) is 0 Å². The average Bonchev–Trinajstić information content (AvgIpc) is 3.27. The standard InChI is InChI=1S/C26H22ClN3O2/c27-20-5-3-4-19(17-20)25(31)22(26-28-23-6-1-2-7-24(23)29-26)16-18-8-10-21(11-9-18)30-12-14-32-15-13-30/h1-11,16-17H,12-15H2,(H,28,29). The number of anilines is 1. The van der Waals surface area contributed by atoms with Crippen LogP contribution < -0.4 is 4.90 Å². The highest BCUT2D eigenvalue weighted by Gasteiger charge is 2.19. The van der Waals surface area contributed by atoms with Crippen molar-refractivity contribution in [2.75, 3.05) is 31.2 Å². The van der Waals surface area contributed by atoms with Gasteiger partial charge in [0.1, 0.15) is 5.82 Å². The molecular formula is C26H22ClN3O2. The first-order valence-corrected chi connectivity index (χ1v) is 10.9. The van der Waals surface area contributed by atoms with E-state index >= 15 is 0 Å². The van der Waals surface area contributed by atoms with Crippen LogP contribution in [-0.2, 0) is 4.74 Å². The normalized spacial score (nSPS) is 14.7. The molecule has 1 fully saturated rings. The number of ketones is 1. The molecule has 4 aromatic rings. The summed E-state index contributed by atoms with van der Waals surface area (Å²) in [6.45, 7) is 3.25. The number of hydrogen-bond acceptors (Lipinski definition) is 4. The second-order valence-electron chi connectivity index (χ2n) is 7.69. The van der Waals surface area contributed by atoms with Crippen molar-refractivity contribution in [2.24, 2.45) is 0 Å². The lowest BCUT2D eigenvalue weighted by atomic mass is 10.00. The highest BCUT2D eigenvalue weighted by molar-refractivity contribution is 6.34. The molecule has 0 bridgehead atoms. The molecule has 1 saturated heterocycles. The van der Waals surface area contributed by atoms with E-state index in [-0.39, 0.29) is 5.78 Å². The Morgan fingerprint density at radius 2 is 1.78 bits per heavy atom. The first kappa shape index (κ1) is 20.5. The molecular weight excluding hydrogens is 422 g/mol. The summed E-state index contributed by atoms with van der Waals surface area (Å²) in [5, 5.41) is 0.523. The molecule has 32 heavy (non-hydrogen) atoms. The van der Waals surface area contributed by atoms with Crippen molar-refractivity contribution in [2.45, 2.75) is 0 Å². The van der Waals surface area contributed by atoms with Gasteiger partial charge in [0.2, 0.25) is 0 Å². The first-order valence-electron chi connectivity index (χ1n) is 10.6. The van der Waals surface area contributed by atoms with Crippen molar-refractivity contribution in [3.05, 3.63) is 94.8 Å². The second-order valence-corrected chi connectivity index (χ2v) is 8.13. The number of benzene rings is 3.